The van der Waals surface area contributed by atoms with Crippen molar-refractivity contribution in [2.45, 2.75) is 13.8 Å². The number of nitrogens with zero attached hydrogens (tertiary/aromatic N) is 1. The second-order valence-corrected chi connectivity index (χ2v) is 5.27. The average molecular weight is 301 g/mol. The number of hydrogen-bond donors (Lipinski definition) is 1. The summed E-state index contributed by atoms with van der Waals surface area (Å²) in [5.74, 6) is 0.320. The highest BCUT2D eigenvalue weighted by Crippen LogP contribution is 2.30. The van der Waals surface area contributed by atoms with Gasteiger partial charge in [0, 0.05) is 12.5 Å². The van der Waals surface area contributed by atoms with E-state index in [2.05, 4.69) is 10.3 Å². The summed E-state index contributed by atoms with van der Waals surface area (Å²) < 4.78 is 5.74. The molecular weight excluding hydrogens is 288 g/mol. The van der Waals surface area contributed by atoms with Gasteiger partial charge in [-0.25, -0.2) is 4.98 Å². The van der Waals surface area contributed by atoms with E-state index in [1.54, 1.807) is 12.1 Å². The Kier molecular flexibility index (Phi) is 3.39. The standard InChI is InChI=1S/C16H13ClN2O2/c1-9-3-6-15-14(7-9)19-16(21-15)11-4-5-12(17)13(8-11)18-10(2)20/h3-8H,1-2H3,(H,18,20). The molecule has 1 heterocycles. The minimum absolute atomic E-state index is 0.178. The van der Waals surface area contributed by atoms with E-state index in [0.717, 1.165) is 22.2 Å². The van der Waals surface area contributed by atoms with Crippen LogP contribution in [0, 0.1) is 6.92 Å². The molecule has 0 unspecified atom stereocenters. The van der Waals surface area contributed by atoms with E-state index in [4.69, 9.17) is 16.0 Å². The summed E-state index contributed by atoms with van der Waals surface area (Å²) >= 11 is 6.06. The molecule has 0 atom stereocenters. The molecule has 4 nitrogen and oxygen atoms in total. The molecule has 21 heavy (non-hydrogen) atoms. The van der Waals surface area contributed by atoms with E-state index >= 15 is 0 Å². The molecule has 5 heteroatoms. The zero-order valence-corrected chi connectivity index (χ0v) is 12.4. The largest absolute Gasteiger partial charge is 0.436 e. The summed E-state index contributed by atoms with van der Waals surface area (Å²) in [6, 6.07) is 11.1. The lowest BCUT2D eigenvalue weighted by Gasteiger charge is -2.05. The predicted molar refractivity (Wildman–Crippen MR) is 83.5 cm³/mol. The van der Waals surface area contributed by atoms with Gasteiger partial charge in [-0.3, -0.25) is 4.79 Å². The number of carbonyl (C=O) groups excluding carboxylic acids is 1. The quantitative estimate of drug-likeness (QED) is 0.762. The Bertz CT molecular complexity index is 839. The fourth-order valence-electron chi connectivity index (χ4n) is 2.10. The van der Waals surface area contributed by atoms with Gasteiger partial charge in [-0.1, -0.05) is 17.7 Å². The summed E-state index contributed by atoms with van der Waals surface area (Å²) in [5.41, 5.74) is 3.96. The monoisotopic (exact) mass is 300 g/mol. The molecule has 0 fully saturated rings. The van der Waals surface area contributed by atoms with Gasteiger partial charge in [0.1, 0.15) is 5.52 Å². The Hall–Kier alpha value is -2.33. The van der Waals surface area contributed by atoms with Crippen molar-refractivity contribution >= 4 is 34.3 Å². The molecule has 1 aromatic heterocycles. The summed E-state index contributed by atoms with van der Waals surface area (Å²) in [7, 11) is 0. The zero-order chi connectivity index (χ0) is 15.0. The number of nitrogens with one attached hydrogen (secondary N) is 1. The van der Waals surface area contributed by atoms with Crippen molar-refractivity contribution in [1.29, 1.82) is 0 Å². The highest BCUT2D eigenvalue weighted by atomic mass is 35.5. The van der Waals surface area contributed by atoms with E-state index in [9.17, 15) is 4.79 Å². The van der Waals surface area contributed by atoms with Gasteiger partial charge in [0.25, 0.3) is 0 Å². The lowest BCUT2D eigenvalue weighted by Crippen LogP contribution is -2.06. The molecule has 3 rings (SSSR count). The number of amides is 1. The lowest BCUT2D eigenvalue weighted by atomic mass is 10.2. The van der Waals surface area contributed by atoms with Crippen LogP contribution in [0.4, 0.5) is 5.69 Å². The minimum atomic E-state index is -0.178. The first-order valence-corrected chi connectivity index (χ1v) is 6.85. The first-order chi connectivity index (χ1) is 10.0. The van der Waals surface area contributed by atoms with E-state index < -0.39 is 0 Å². The number of carbonyl (C=O) groups is 1. The molecule has 0 radical (unpaired) electrons. The third-order valence-electron chi connectivity index (χ3n) is 3.07. The smallest absolute Gasteiger partial charge is 0.227 e. The van der Waals surface area contributed by atoms with Crippen LogP contribution >= 0.6 is 11.6 Å². The highest BCUT2D eigenvalue weighted by Gasteiger charge is 2.11. The lowest BCUT2D eigenvalue weighted by molar-refractivity contribution is -0.114. The molecule has 0 aliphatic rings. The second-order valence-electron chi connectivity index (χ2n) is 4.87. The number of oxazole rings is 1. The van der Waals surface area contributed by atoms with Crippen LogP contribution in [0.3, 0.4) is 0 Å². The fraction of sp³-hybridized carbons (Fsp3) is 0.125. The van der Waals surface area contributed by atoms with E-state index in [-0.39, 0.29) is 5.91 Å². The maximum Gasteiger partial charge on any atom is 0.227 e. The summed E-state index contributed by atoms with van der Waals surface area (Å²) in [6.07, 6.45) is 0. The van der Waals surface area contributed by atoms with Gasteiger partial charge in [-0.2, -0.15) is 0 Å². The third kappa shape index (κ3) is 2.76. The van der Waals surface area contributed by atoms with Gasteiger partial charge in [0.05, 0.1) is 10.7 Å². The number of aromatic nitrogens is 1. The van der Waals surface area contributed by atoms with Crippen LogP contribution in [-0.4, -0.2) is 10.9 Å². The van der Waals surface area contributed by atoms with Gasteiger partial charge < -0.3 is 9.73 Å². The van der Waals surface area contributed by atoms with Crippen LogP contribution in [0.1, 0.15) is 12.5 Å². The molecule has 0 aliphatic heterocycles. The number of hydrogen-bond acceptors (Lipinski definition) is 3. The first-order valence-electron chi connectivity index (χ1n) is 6.47. The average Bonchev–Trinajstić information content (AvgIpc) is 2.83. The Morgan fingerprint density at radius 2 is 2.05 bits per heavy atom. The molecule has 1 amide bonds. The van der Waals surface area contributed by atoms with Crippen molar-refractivity contribution in [3.63, 3.8) is 0 Å². The second kappa shape index (κ2) is 5.22. The Labute approximate surface area is 126 Å². The topological polar surface area (TPSA) is 55.1 Å². The van der Waals surface area contributed by atoms with Crippen molar-refractivity contribution in [2.24, 2.45) is 0 Å². The number of rotatable bonds is 2. The molecule has 0 bridgehead atoms. The van der Waals surface area contributed by atoms with E-state index in [1.165, 1.54) is 6.92 Å². The van der Waals surface area contributed by atoms with Crippen molar-refractivity contribution in [1.82, 2.24) is 4.98 Å². The molecule has 0 aliphatic carbocycles. The number of halogens is 1. The Morgan fingerprint density at radius 1 is 1.24 bits per heavy atom. The van der Waals surface area contributed by atoms with Gasteiger partial charge in [-0.15, -0.1) is 0 Å². The van der Waals surface area contributed by atoms with Crippen molar-refractivity contribution in [2.75, 3.05) is 5.32 Å². The van der Waals surface area contributed by atoms with Crippen molar-refractivity contribution in [3.05, 3.63) is 47.0 Å². The summed E-state index contributed by atoms with van der Waals surface area (Å²) in [6.45, 7) is 3.44. The molecular formula is C16H13ClN2O2. The Balaban J connectivity index is 2.07. The predicted octanol–water partition coefficient (Wildman–Crippen LogP) is 4.42. The van der Waals surface area contributed by atoms with Crippen LogP contribution in [0.2, 0.25) is 5.02 Å². The van der Waals surface area contributed by atoms with Gasteiger partial charge in [0.15, 0.2) is 5.58 Å². The van der Waals surface area contributed by atoms with Crippen molar-refractivity contribution < 1.29 is 9.21 Å². The zero-order valence-electron chi connectivity index (χ0n) is 11.6. The normalized spacial score (nSPS) is 10.8. The molecule has 1 N–H and O–H groups in total. The number of anilines is 1. The SMILES string of the molecule is CC(=O)Nc1cc(-c2nc3cc(C)ccc3o2)ccc1Cl. The van der Waals surface area contributed by atoms with Crippen LogP contribution in [0.25, 0.3) is 22.6 Å². The van der Waals surface area contributed by atoms with Crippen LogP contribution in [0.5, 0.6) is 0 Å². The van der Waals surface area contributed by atoms with E-state index in [1.807, 2.05) is 31.2 Å². The van der Waals surface area contributed by atoms with Gasteiger partial charge in [-0.05, 0) is 42.8 Å². The minimum Gasteiger partial charge on any atom is -0.436 e. The molecule has 106 valence electrons. The Morgan fingerprint density at radius 3 is 2.81 bits per heavy atom. The highest BCUT2D eigenvalue weighted by molar-refractivity contribution is 6.33. The maximum atomic E-state index is 11.2. The summed E-state index contributed by atoms with van der Waals surface area (Å²) in [4.78, 5) is 15.7. The fourth-order valence-corrected chi connectivity index (χ4v) is 2.27. The maximum absolute atomic E-state index is 11.2. The number of fused-ring (bicyclic) bond motifs is 1. The first kappa shape index (κ1) is 13.6. The van der Waals surface area contributed by atoms with Crippen molar-refractivity contribution in [3.8, 4) is 11.5 Å². The molecule has 0 spiro atoms. The van der Waals surface area contributed by atoms with Gasteiger partial charge in [0.2, 0.25) is 11.8 Å². The number of aryl methyl sites for hydroxylation is 1. The van der Waals surface area contributed by atoms with Crippen LogP contribution < -0.4 is 5.32 Å². The van der Waals surface area contributed by atoms with Gasteiger partial charge >= 0.3 is 0 Å². The third-order valence-corrected chi connectivity index (χ3v) is 3.40. The van der Waals surface area contributed by atoms with Crippen LogP contribution in [0.15, 0.2) is 40.8 Å². The molecule has 0 saturated heterocycles. The van der Waals surface area contributed by atoms with E-state index in [0.29, 0.717) is 16.6 Å². The molecule has 2 aromatic carbocycles. The number of benzene rings is 2. The summed E-state index contributed by atoms with van der Waals surface area (Å²) in [5, 5.41) is 3.16. The molecule has 3 aromatic rings. The molecule has 0 saturated carbocycles. The van der Waals surface area contributed by atoms with Crippen LogP contribution in [-0.2, 0) is 4.79 Å².